The normalized spacial score (nSPS) is 17.1. The van der Waals surface area contributed by atoms with Crippen LogP contribution in [0.2, 0.25) is 0 Å². The van der Waals surface area contributed by atoms with Crippen molar-refractivity contribution in [3.63, 3.8) is 0 Å². The molecule has 3 aromatic rings. The SMILES string of the molecule is COc1cccc(OC)c1C(=O)N1CCCC(c2ccnc3ncnn23)C1. The Labute approximate surface area is 156 Å². The molecule has 0 spiro atoms. The van der Waals surface area contributed by atoms with E-state index in [1.54, 1.807) is 37.1 Å². The zero-order valence-electron chi connectivity index (χ0n) is 15.3. The lowest BCUT2D eigenvalue weighted by molar-refractivity contribution is 0.0698. The summed E-state index contributed by atoms with van der Waals surface area (Å²) in [4.78, 5) is 23.5. The van der Waals surface area contributed by atoms with E-state index in [4.69, 9.17) is 9.47 Å². The molecule has 8 heteroatoms. The summed E-state index contributed by atoms with van der Waals surface area (Å²) >= 11 is 0. The van der Waals surface area contributed by atoms with Gasteiger partial charge in [0.1, 0.15) is 23.4 Å². The third kappa shape index (κ3) is 3.07. The summed E-state index contributed by atoms with van der Waals surface area (Å²) in [5.41, 5.74) is 1.48. The van der Waals surface area contributed by atoms with E-state index in [-0.39, 0.29) is 11.8 Å². The maximum Gasteiger partial charge on any atom is 0.261 e. The Bertz CT molecular complexity index is 949. The van der Waals surface area contributed by atoms with Crippen LogP contribution in [0, 0.1) is 0 Å². The number of aromatic nitrogens is 4. The van der Waals surface area contributed by atoms with Crippen molar-refractivity contribution in [2.75, 3.05) is 27.3 Å². The second-order valence-corrected chi connectivity index (χ2v) is 6.47. The number of fused-ring (bicyclic) bond motifs is 1. The summed E-state index contributed by atoms with van der Waals surface area (Å²) in [6.45, 7) is 1.29. The predicted octanol–water partition coefficient (Wildman–Crippen LogP) is 2.16. The molecule has 27 heavy (non-hydrogen) atoms. The van der Waals surface area contributed by atoms with Crippen LogP contribution >= 0.6 is 0 Å². The van der Waals surface area contributed by atoms with Crippen LogP contribution in [0.3, 0.4) is 0 Å². The molecule has 3 heterocycles. The summed E-state index contributed by atoms with van der Waals surface area (Å²) in [5, 5.41) is 4.28. The van der Waals surface area contributed by atoms with Gasteiger partial charge in [0.2, 0.25) is 0 Å². The fourth-order valence-electron chi connectivity index (χ4n) is 3.69. The van der Waals surface area contributed by atoms with Crippen LogP contribution in [0.25, 0.3) is 5.78 Å². The number of rotatable bonds is 4. The minimum atomic E-state index is -0.0853. The van der Waals surface area contributed by atoms with Crippen LogP contribution in [0.4, 0.5) is 0 Å². The molecule has 2 aromatic heterocycles. The van der Waals surface area contributed by atoms with Gasteiger partial charge in [-0.3, -0.25) is 4.79 Å². The van der Waals surface area contributed by atoms with Crippen molar-refractivity contribution >= 4 is 11.7 Å². The lowest BCUT2D eigenvalue weighted by atomic mass is 9.94. The number of likely N-dealkylation sites (tertiary alicyclic amines) is 1. The summed E-state index contributed by atoms with van der Waals surface area (Å²) in [7, 11) is 3.12. The number of carbonyl (C=O) groups is 1. The van der Waals surface area contributed by atoms with Crippen molar-refractivity contribution in [2.24, 2.45) is 0 Å². The van der Waals surface area contributed by atoms with E-state index in [1.807, 2.05) is 17.0 Å². The van der Waals surface area contributed by atoms with Gasteiger partial charge < -0.3 is 14.4 Å². The third-order valence-electron chi connectivity index (χ3n) is 4.98. The molecule has 1 saturated heterocycles. The Kier molecular flexibility index (Phi) is 4.62. The van der Waals surface area contributed by atoms with Crippen LogP contribution < -0.4 is 9.47 Å². The van der Waals surface area contributed by atoms with Gasteiger partial charge in [-0.15, -0.1) is 0 Å². The van der Waals surface area contributed by atoms with Crippen molar-refractivity contribution in [3.05, 3.63) is 48.0 Å². The van der Waals surface area contributed by atoms with Crippen molar-refractivity contribution in [3.8, 4) is 11.5 Å². The van der Waals surface area contributed by atoms with Gasteiger partial charge in [-0.1, -0.05) is 6.07 Å². The van der Waals surface area contributed by atoms with Crippen LogP contribution in [0.5, 0.6) is 11.5 Å². The van der Waals surface area contributed by atoms with Crippen LogP contribution in [0.15, 0.2) is 36.8 Å². The molecular formula is C19H21N5O3. The van der Waals surface area contributed by atoms with Gasteiger partial charge in [0.05, 0.1) is 19.9 Å². The monoisotopic (exact) mass is 367 g/mol. The molecular weight excluding hydrogens is 346 g/mol. The first-order valence-corrected chi connectivity index (χ1v) is 8.88. The predicted molar refractivity (Wildman–Crippen MR) is 98.2 cm³/mol. The number of benzene rings is 1. The van der Waals surface area contributed by atoms with Crippen LogP contribution in [-0.2, 0) is 0 Å². The number of carbonyl (C=O) groups excluding carboxylic acids is 1. The fourth-order valence-corrected chi connectivity index (χ4v) is 3.69. The second-order valence-electron chi connectivity index (χ2n) is 6.47. The van der Waals surface area contributed by atoms with E-state index in [0.717, 1.165) is 18.5 Å². The highest BCUT2D eigenvalue weighted by Crippen LogP contribution is 2.33. The Morgan fingerprint density at radius 1 is 1.15 bits per heavy atom. The molecule has 0 radical (unpaired) electrons. The third-order valence-corrected chi connectivity index (χ3v) is 4.98. The topological polar surface area (TPSA) is 81.9 Å². The molecule has 0 aliphatic carbocycles. The van der Waals surface area contributed by atoms with Crippen molar-refractivity contribution in [1.82, 2.24) is 24.5 Å². The van der Waals surface area contributed by atoms with Gasteiger partial charge >= 0.3 is 0 Å². The van der Waals surface area contributed by atoms with Crippen molar-refractivity contribution in [1.29, 1.82) is 0 Å². The number of ether oxygens (including phenoxy) is 2. The standard InChI is InChI=1S/C19H21N5O3/c1-26-15-6-3-7-16(27-2)17(15)18(25)23-10-4-5-13(11-23)14-8-9-20-19-21-12-22-24(14)19/h3,6-9,12-13H,4-5,10-11H2,1-2H3. The average molecular weight is 367 g/mol. The number of nitrogens with zero attached hydrogens (tertiary/aromatic N) is 5. The molecule has 0 saturated carbocycles. The van der Waals surface area contributed by atoms with E-state index in [0.29, 0.717) is 35.9 Å². The molecule has 1 aliphatic rings. The average Bonchev–Trinajstić information content (AvgIpc) is 3.21. The minimum absolute atomic E-state index is 0.0853. The molecule has 1 fully saturated rings. The molecule has 1 aromatic carbocycles. The molecule has 4 rings (SSSR count). The Morgan fingerprint density at radius 3 is 2.67 bits per heavy atom. The number of hydrogen-bond acceptors (Lipinski definition) is 6. The Hall–Kier alpha value is -3.16. The molecule has 1 amide bonds. The smallest absolute Gasteiger partial charge is 0.261 e. The zero-order chi connectivity index (χ0) is 18.8. The first kappa shape index (κ1) is 17.3. The highest BCUT2D eigenvalue weighted by molar-refractivity contribution is 5.99. The Balaban J connectivity index is 1.64. The fraction of sp³-hybridized carbons (Fsp3) is 0.368. The van der Waals surface area contributed by atoms with Crippen molar-refractivity contribution in [2.45, 2.75) is 18.8 Å². The van der Waals surface area contributed by atoms with Gasteiger partial charge in [-0.05, 0) is 31.0 Å². The van der Waals surface area contributed by atoms with Gasteiger partial charge in [0, 0.05) is 25.2 Å². The molecule has 8 nitrogen and oxygen atoms in total. The quantitative estimate of drug-likeness (QED) is 0.703. The lowest BCUT2D eigenvalue weighted by Gasteiger charge is -2.33. The highest BCUT2D eigenvalue weighted by Gasteiger charge is 2.30. The lowest BCUT2D eigenvalue weighted by Crippen LogP contribution is -2.39. The maximum absolute atomic E-state index is 13.3. The van der Waals surface area contributed by atoms with Crippen molar-refractivity contribution < 1.29 is 14.3 Å². The molecule has 0 bridgehead atoms. The maximum atomic E-state index is 13.3. The number of methoxy groups -OCH3 is 2. The van der Waals surface area contributed by atoms with E-state index in [1.165, 1.54) is 6.33 Å². The molecule has 1 aliphatic heterocycles. The number of hydrogen-bond donors (Lipinski definition) is 0. The van der Waals surface area contributed by atoms with Gasteiger partial charge in [-0.25, -0.2) is 9.50 Å². The minimum Gasteiger partial charge on any atom is -0.496 e. The number of amides is 1. The van der Waals surface area contributed by atoms with Gasteiger partial charge in [-0.2, -0.15) is 10.1 Å². The summed E-state index contributed by atoms with van der Waals surface area (Å²) in [6.07, 6.45) is 5.12. The largest absolute Gasteiger partial charge is 0.496 e. The van der Waals surface area contributed by atoms with E-state index in [9.17, 15) is 4.79 Å². The van der Waals surface area contributed by atoms with Crippen LogP contribution in [-0.4, -0.2) is 57.7 Å². The summed E-state index contributed by atoms with van der Waals surface area (Å²) in [5.74, 6) is 1.68. The first-order valence-electron chi connectivity index (χ1n) is 8.88. The second kappa shape index (κ2) is 7.22. The molecule has 1 atom stereocenters. The van der Waals surface area contributed by atoms with E-state index < -0.39 is 0 Å². The molecule has 140 valence electrons. The molecule has 0 N–H and O–H groups in total. The van der Waals surface area contributed by atoms with E-state index >= 15 is 0 Å². The van der Waals surface area contributed by atoms with Crippen LogP contribution in [0.1, 0.15) is 34.8 Å². The summed E-state index contributed by atoms with van der Waals surface area (Å²) in [6, 6.07) is 7.31. The first-order chi connectivity index (χ1) is 13.2. The highest BCUT2D eigenvalue weighted by atomic mass is 16.5. The number of piperidine rings is 1. The van der Waals surface area contributed by atoms with Gasteiger partial charge in [0.15, 0.2) is 0 Å². The summed E-state index contributed by atoms with van der Waals surface area (Å²) < 4.78 is 12.6. The van der Waals surface area contributed by atoms with E-state index in [2.05, 4.69) is 15.1 Å². The Morgan fingerprint density at radius 2 is 1.93 bits per heavy atom. The van der Waals surface area contributed by atoms with Gasteiger partial charge in [0.25, 0.3) is 11.7 Å². The zero-order valence-corrected chi connectivity index (χ0v) is 15.3. The molecule has 1 unspecified atom stereocenters.